The molecule has 0 aliphatic carbocycles. The molecule has 2 N–H and O–H groups in total. The van der Waals surface area contributed by atoms with Crippen LogP contribution in [0.1, 0.15) is 44.4 Å². The van der Waals surface area contributed by atoms with E-state index >= 15 is 0 Å². The lowest BCUT2D eigenvalue weighted by Gasteiger charge is -2.25. The third-order valence-corrected chi connectivity index (χ3v) is 2.81. The van der Waals surface area contributed by atoms with E-state index in [1.54, 1.807) is 0 Å². The number of rotatable bonds is 2. The molecule has 0 fully saturated rings. The van der Waals surface area contributed by atoms with Crippen LogP contribution in [0.5, 0.6) is 0 Å². The number of aryl methyl sites for hydroxylation is 1. The molecule has 0 radical (unpaired) electrons. The molecule has 0 spiro atoms. The lowest BCUT2D eigenvalue weighted by atomic mass is 9.98. The van der Waals surface area contributed by atoms with Crippen LogP contribution >= 0.6 is 0 Å². The third kappa shape index (κ3) is 1.54. The van der Waals surface area contributed by atoms with E-state index in [2.05, 4.69) is 28.6 Å². The minimum Gasteiger partial charge on any atom is -0.321 e. The highest BCUT2D eigenvalue weighted by Crippen LogP contribution is 2.26. The molecule has 2 unspecified atom stereocenters. The van der Waals surface area contributed by atoms with Gasteiger partial charge in [-0.25, -0.2) is 0 Å². The fourth-order valence-corrected chi connectivity index (χ4v) is 2.16. The standard InChI is InChI=1S/C10H18N4/c1-3-4-9-12-13-10-8(11)5-7(2)6-14(9)10/h7-8H,3-6,11H2,1-2H3. The predicted molar refractivity (Wildman–Crippen MR) is 54.7 cm³/mol. The van der Waals surface area contributed by atoms with Crippen molar-refractivity contribution in [2.75, 3.05) is 0 Å². The molecule has 14 heavy (non-hydrogen) atoms. The first-order valence-corrected chi connectivity index (χ1v) is 5.40. The van der Waals surface area contributed by atoms with Crippen molar-refractivity contribution in [3.63, 3.8) is 0 Å². The van der Waals surface area contributed by atoms with Gasteiger partial charge in [-0.15, -0.1) is 10.2 Å². The molecule has 0 saturated heterocycles. The summed E-state index contributed by atoms with van der Waals surface area (Å²) in [5.41, 5.74) is 6.02. The molecule has 1 aliphatic heterocycles. The van der Waals surface area contributed by atoms with Crippen molar-refractivity contribution in [1.82, 2.24) is 14.8 Å². The predicted octanol–water partition coefficient (Wildman–Crippen LogP) is 1.27. The van der Waals surface area contributed by atoms with Crippen molar-refractivity contribution in [2.24, 2.45) is 11.7 Å². The number of nitrogens with two attached hydrogens (primary N) is 1. The molecule has 2 heterocycles. The van der Waals surface area contributed by atoms with Crippen LogP contribution in [0.25, 0.3) is 0 Å². The van der Waals surface area contributed by atoms with Gasteiger partial charge in [0.1, 0.15) is 11.6 Å². The van der Waals surface area contributed by atoms with Gasteiger partial charge in [0.05, 0.1) is 6.04 Å². The summed E-state index contributed by atoms with van der Waals surface area (Å²) in [6.07, 6.45) is 3.15. The smallest absolute Gasteiger partial charge is 0.149 e. The Balaban J connectivity index is 2.31. The minimum atomic E-state index is 0.0804. The Morgan fingerprint density at radius 3 is 3.00 bits per heavy atom. The van der Waals surface area contributed by atoms with Crippen LogP contribution in [0.4, 0.5) is 0 Å². The van der Waals surface area contributed by atoms with Crippen molar-refractivity contribution in [1.29, 1.82) is 0 Å². The van der Waals surface area contributed by atoms with Gasteiger partial charge < -0.3 is 10.3 Å². The Morgan fingerprint density at radius 1 is 1.50 bits per heavy atom. The molecule has 2 atom stereocenters. The number of nitrogens with zero attached hydrogens (tertiary/aromatic N) is 3. The normalized spacial score (nSPS) is 26.2. The van der Waals surface area contributed by atoms with Crippen molar-refractivity contribution in [2.45, 2.75) is 45.7 Å². The molecule has 1 aromatic heterocycles. The van der Waals surface area contributed by atoms with Gasteiger partial charge in [-0.2, -0.15) is 0 Å². The van der Waals surface area contributed by atoms with Crippen LogP contribution in [-0.4, -0.2) is 14.8 Å². The van der Waals surface area contributed by atoms with E-state index in [0.29, 0.717) is 5.92 Å². The largest absolute Gasteiger partial charge is 0.321 e. The first-order valence-electron chi connectivity index (χ1n) is 5.40. The molecule has 1 aromatic rings. The van der Waals surface area contributed by atoms with Gasteiger partial charge >= 0.3 is 0 Å². The number of hydrogen-bond acceptors (Lipinski definition) is 3. The molecular formula is C10H18N4. The van der Waals surface area contributed by atoms with Gasteiger partial charge in [0, 0.05) is 13.0 Å². The Bertz CT molecular complexity index is 318. The van der Waals surface area contributed by atoms with Gasteiger partial charge in [-0.3, -0.25) is 0 Å². The number of aromatic nitrogens is 3. The van der Waals surface area contributed by atoms with E-state index in [0.717, 1.165) is 37.5 Å². The van der Waals surface area contributed by atoms with Crippen LogP contribution in [0.2, 0.25) is 0 Å². The molecular weight excluding hydrogens is 176 g/mol. The Labute approximate surface area is 84.5 Å². The van der Waals surface area contributed by atoms with Crippen LogP contribution in [0, 0.1) is 5.92 Å². The van der Waals surface area contributed by atoms with Gasteiger partial charge in [0.25, 0.3) is 0 Å². The summed E-state index contributed by atoms with van der Waals surface area (Å²) in [6, 6.07) is 0.0804. The molecule has 0 amide bonds. The second-order valence-electron chi connectivity index (χ2n) is 4.28. The monoisotopic (exact) mass is 194 g/mol. The van der Waals surface area contributed by atoms with Crippen molar-refractivity contribution in [3.8, 4) is 0 Å². The van der Waals surface area contributed by atoms with Crippen LogP contribution < -0.4 is 5.73 Å². The Hall–Kier alpha value is -0.900. The van der Waals surface area contributed by atoms with E-state index in [-0.39, 0.29) is 6.04 Å². The van der Waals surface area contributed by atoms with E-state index < -0.39 is 0 Å². The lowest BCUT2D eigenvalue weighted by molar-refractivity contribution is 0.340. The van der Waals surface area contributed by atoms with Crippen molar-refractivity contribution >= 4 is 0 Å². The quantitative estimate of drug-likeness (QED) is 0.771. The molecule has 0 aromatic carbocycles. The minimum absolute atomic E-state index is 0.0804. The Kier molecular flexibility index (Phi) is 2.54. The third-order valence-electron chi connectivity index (χ3n) is 2.81. The highest BCUT2D eigenvalue weighted by molar-refractivity contribution is 5.04. The highest BCUT2D eigenvalue weighted by Gasteiger charge is 2.25. The van der Waals surface area contributed by atoms with E-state index in [1.807, 2.05) is 0 Å². The van der Waals surface area contributed by atoms with Crippen LogP contribution in [0.15, 0.2) is 0 Å². The number of hydrogen-bond donors (Lipinski definition) is 1. The molecule has 2 rings (SSSR count). The fourth-order valence-electron chi connectivity index (χ4n) is 2.16. The van der Waals surface area contributed by atoms with Gasteiger partial charge in [-0.1, -0.05) is 13.8 Å². The first-order chi connectivity index (χ1) is 6.72. The highest BCUT2D eigenvalue weighted by atomic mass is 15.3. The topological polar surface area (TPSA) is 56.7 Å². The maximum atomic E-state index is 6.02. The zero-order valence-electron chi connectivity index (χ0n) is 8.90. The van der Waals surface area contributed by atoms with Crippen molar-refractivity contribution < 1.29 is 0 Å². The summed E-state index contributed by atoms with van der Waals surface area (Å²) < 4.78 is 2.21. The van der Waals surface area contributed by atoms with Crippen LogP contribution in [0.3, 0.4) is 0 Å². The maximum Gasteiger partial charge on any atom is 0.149 e. The van der Waals surface area contributed by atoms with Gasteiger partial charge in [-0.05, 0) is 18.8 Å². The lowest BCUT2D eigenvalue weighted by Crippen LogP contribution is -2.28. The zero-order chi connectivity index (χ0) is 10.1. The first kappa shape index (κ1) is 9.65. The van der Waals surface area contributed by atoms with E-state index in [9.17, 15) is 0 Å². The molecule has 0 saturated carbocycles. The second-order valence-corrected chi connectivity index (χ2v) is 4.28. The molecule has 78 valence electrons. The summed E-state index contributed by atoms with van der Waals surface area (Å²) in [5, 5.41) is 8.38. The molecule has 4 nitrogen and oxygen atoms in total. The SMILES string of the molecule is CCCc1nnc2n1CC(C)CC2N. The van der Waals surface area contributed by atoms with E-state index in [4.69, 9.17) is 5.73 Å². The summed E-state index contributed by atoms with van der Waals surface area (Å²) in [4.78, 5) is 0. The summed E-state index contributed by atoms with van der Waals surface area (Å²) >= 11 is 0. The van der Waals surface area contributed by atoms with Crippen molar-refractivity contribution in [3.05, 3.63) is 11.6 Å². The zero-order valence-corrected chi connectivity index (χ0v) is 8.90. The van der Waals surface area contributed by atoms with E-state index in [1.165, 1.54) is 0 Å². The summed E-state index contributed by atoms with van der Waals surface area (Å²) in [7, 11) is 0. The van der Waals surface area contributed by atoms with Gasteiger partial charge in [0.2, 0.25) is 0 Å². The maximum absolute atomic E-state index is 6.02. The molecule has 1 aliphatic rings. The average molecular weight is 194 g/mol. The average Bonchev–Trinajstić information content (AvgIpc) is 2.49. The number of fused-ring (bicyclic) bond motifs is 1. The molecule has 0 bridgehead atoms. The molecule has 4 heteroatoms. The van der Waals surface area contributed by atoms with Gasteiger partial charge in [0.15, 0.2) is 0 Å². The fraction of sp³-hybridized carbons (Fsp3) is 0.800. The summed E-state index contributed by atoms with van der Waals surface area (Å²) in [5.74, 6) is 2.72. The van der Waals surface area contributed by atoms with Crippen LogP contribution in [-0.2, 0) is 13.0 Å². The second kappa shape index (κ2) is 3.69. The Morgan fingerprint density at radius 2 is 2.29 bits per heavy atom. The summed E-state index contributed by atoms with van der Waals surface area (Å²) in [6.45, 7) is 5.43.